The summed E-state index contributed by atoms with van der Waals surface area (Å²) in [5, 5.41) is 11.4. The van der Waals surface area contributed by atoms with Crippen LogP contribution in [0.15, 0.2) is 48.5 Å². The Kier molecular flexibility index (Phi) is 5.78. The van der Waals surface area contributed by atoms with Crippen molar-refractivity contribution in [3.05, 3.63) is 71.3 Å². The maximum absolute atomic E-state index is 13.6. The number of nitrogens with zero attached hydrogens (tertiary/aromatic N) is 1. The molecule has 0 radical (unpaired) electrons. The number of carbonyl (C=O) groups excluding carboxylic acids is 1. The summed E-state index contributed by atoms with van der Waals surface area (Å²) in [6.45, 7) is -0.0216. The SMILES string of the molecule is N#CC(NC(=O)COCc1ccccc1)c1ccc(F)cc1F. The van der Waals surface area contributed by atoms with E-state index in [9.17, 15) is 13.6 Å². The lowest BCUT2D eigenvalue weighted by Crippen LogP contribution is -2.31. The lowest BCUT2D eigenvalue weighted by Gasteiger charge is -2.13. The number of nitriles is 1. The number of rotatable bonds is 6. The second-order valence-corrected chi connectivity index (χ2v) is 4.77. The van der Waals surface area contributed by atoms with Gasteiger partial charge in [0.05, 0.1) is 12.7 Å². The van der Waals surface area contributed by atoms with E-state index in [1.54, 1.807) is 6.07 Å². The standard InChI is InChI=1S/C17H14F2N2O2/c18-13-6-7-14(15(19)8-13)16(9-20)21-17(22)11-23-10-12-4-2-1-3-5-12/h1-8,16H,10-11H2,(H,21,22). The van der Waals surface area contributed by atoms with E-state index < -0.39 is 23.6 Å². The summed E-state index contributed by atoms with van der Waals surface area (Å²) in [5.41, 5.74) is 0.812. The van der Waals surface area contributed by atoms with Gasteiger partial charge in [-0.1, -0.05) is 36.4 Å². The second-order valence-electron chi connectivity index (χ2n) is 4.77. The van der Waals surface area contributed by atoms with Gasteiger partial charge in [-0.15, -0.1) is 0 Å². The van der Waals surface area contributed by atoms with Crippen LogP contribution in [0.5, 0.6) is 0 Å². The lowest BCUT2D eigenvalue weighted by atomic mass is 10.1. The molecule has 0 spiro atoms. The largest absolute Gasteiger partial charge is 0.367 e. The van der Waals surface area contributed by atoms with Crippen molar-refractivity contribution < 1.29 is 18.3 Å². The molecule has 0 fully saturated rings. The van der Waals surface area contributed by atoms with E-state index in [-0.39, 0.29) is 18.8 Å². The van der Waals surface area contributed by atoms with Crippen LogP contribution in [-0.4, -0.2) is 12.5 Å². The molecule has 0 bridgehead atoms. The van der Waals surface area contributed by atoms with Gasteiger partial charge < -0.3 is 10.1 Å². The van der Waals surface area contributed by atoms with Crippen molar-refractivity contribution >= 4 is 5.91 Å². The van der Waals surface area contributed by atoms with E-state index in [0.29, 0.717) is 6.07 Å². The molecule has 0 aromatic heterocycles. The molecular formula is C17H14F2N2O2. The van der Waals surface area contributed by atoms with Gasteiger partial charge in [-0.25, -0.2) is 8.78 Å². The van der Waals surface area contributed by atoms with E-state index in [2.05, 4.69) is 5.32 Å². The van der Waals surface area contributed by atoms with Gasteiger partial charge in [0, 0.05) is 11.6 Å². The van der Waals surface area contributed by atoms with Crippen LogP contribution in [-0.2, 0) is 16.1 Å². The van der Waals surface area contributed by atoms with Gasteiger partial charge in [-0.2, -0.15) is 5.26 Å². The van der Waals surface area contributed by atoms with Crippen LogP contribution >= 0.6 is 0 Å². The molecule has 1 atom stereocenters. The highest BCUT2D eigenvalue weighted by atomic mass is 19.1. The first-order valence-electron chi connectivity index (χ1n) is 6.85. The van der Waals surface area contributed by atoms with Gasteiger partial charge in [0.2, 0.25) is 5.91 Å². The number of hydrogen-bond donors (Lipinski definition) is 1. The minimum Gasteiger partial charge on any atom is -0.367 e. The Morgan fingerprint density at radius 1 is 1.22 bits per heavy atom. The number of amides is 1. The Morgan fingerprint density at radius 2 is 1.96 bits per heavy atom. The quantitative estimate of drug-likeness (QED) is 0.891. The topological polar surface area (TPSA) is 62.1 Å². The maximum atomic E-state index is 13.6. The summed E-state index contributed by atoms with van der Waals surface area (Å²) in [6.07, 6.45) is 0. The third-order valence-electron chi connectivity index (χ3n) is 3.05. The third-order valence-corrected chi connectivity index (χ3v) is 3.05. The summed E-state index contributed by atoms with van der Waals surface area (Å²) in [6, 6.07) is 12.7. The Morgan fingerprint density at radius 3 is 2.61 bits per heavy atom. The molecule has 0 saturated carbocycles. The van der Waals surface area contributed by atoms with Crippen LogP contribution in [0.1, 0.15) is 17.2 Å². The van der Waals surface area contributed by atoms with Gasteiger partial charge in [0.15, 0.2) is 0 Å². The second kappa shape index (κ2) is 8.01. The average Bonchev–Trinajstić information content (AvgIpc) is 2.54. The minimum absolute atomic E-state index is 0.0923. The molecule has 2 aromatic carbocycles. The Labute approximate surface area is 132 Å². The normalized spacial score (nSPS) is 11.5. The third kappa shape index (κ3) is 4.87. The molecular weight excluding hydrogens is 302 g/mol. The van der Waals surface area contributed by atoms with Crippen LogP contribution < -0.4 is 5.32 Å². The molecule has 1 unspecified atom stereocenters. The number of carbonyl (C=O) groups is 1. The first kappa shape index (κ1) is 16.6. The van der Waals surface area contributed by atoms with Crippen LogP contribution in [0.4, 0.5) is 8.78 Å². The van der Waals surface area contributed by atoms with Crippen LogP contribution in [0, 0.1) is 23.0 Å². The highest BCUT2D eigenvalue weighted by molar-refractivity contribution is 5.78. The van der Waals surface area contributed by atoms with E-state index in [1.807, 2.05) is 30.3 Å². The molecule has 0 heterocycles. The summed E-state index contributed by atoms with van der Waals surface area (Å²) < 4.78 is 31.7. The fourth-order valence-electron chi connectivity index (χ4n) is 1.95. The predicted octanol–water partition coefficient (Wildman–Crippen LogP) is 2.86. The molecule has 118 valence electrons. The van der Waals surface area contributed by atoms with Crippen LogP contribution in [0.2, 0.25) is 0 Å². The Hall–Kier alpha value is -2.78. The summed E-state index contributed by atoms with van der Waals surface area (Å²) >= 11 is 0. The smallest absolute Gasteiger partial charge is 0.247 e. The van der Waals surface area contributed by atoms with Crippen molar-refractivity contribution in [3.8, 4) is 6.07 Å². The minimum atomic E-state index is -1.21. The van der Waals surface area contributed by atoms with E-state index in [1.165, 1.54) is 0 Å². The van der Waals surface area contributed by atoms with Crippen molar-refractivity contribution in [2.75, 3.05) is 6.61 Å². The number of benzene rings is 2. The first-order valence-corrected chi connectivity index (χ1v) is 6.85. The summed E-state index contributed by atoms with van der Waals surface area (Å²) in [4.78, 5) is 11.8. The predicted molar refractivity (Wildman–Crippen MR) is 79.0 cm³/mol. The van der Waals surface area contributed by atoms with Crippen LogP contribution in [0.3, 0.4) is 0 Å². The zero-order valence-corrected chi connectivity index (χ0v) is 12.1. The van der Waals surface area contributed by atoms with Gasteiger partial charge in [-0.3, -0.25) is 4.79 Å². The summed E-state index contributed by atoms with van der Waals surface area (Å²) in [5.74, 6) is -2.20. The van der Waals surface area contributed by atoms with E-state index in [4.69, 9.17) is 10.00 Å². The van der Waals surface area contributed by atoms with Crippen molar-refractivity contribution in [1.82, 2.24) is 5.32 Å². The molecule has 6 heteroatoms. The van der Waals surface area contributed by atoms with Crippen molar-refractivity contribution in [2.45, 2.75) is 12.6 Å². The molecule has 1 N–H and O–H groups in total. The van der Waals surface area contributed by atoms with Crippen molar-refractivity contribution in [3.63, 3.8) is 0 Å². The van der Waals surface area contributed by atoms with Crippen LogP contribution in [0.25, 0.3) is 0 Å². The van der Waals surface area contributed by atoms with Gasteiger partial charge in [0.25, 0.3) is 0 Å². The molecule has 4 nitrogen and oxygen atoms in total. The first-order chi connectivity index (χ1) is 11.1. The van der Waals surface area contributed by atoms with Gasteiger partial charge in [0.1, 0.15) is 24.3 Å². The zero-order chi connectivity index (χ0) is 16.7. The molecule has 0 aliphatic carbocycles. The van der Waals surface area contributed by atoms with Gasteiger partial charge >= 0.3 is 0 Å². The highest BCUT2D eigenvalue weighted by Crippen LogP contribution is 2.17. The summed E-state index contributed by atoms with van der Waals surface area (Å²) in [7, 11) is 0. The Bertz CT molecular complexity index is 714. The monoisotopic (exact) mass is 316 g/mol. The fraction of sp³-hybridized carbons (Fsp3) is 0.176. The number of halogens is 2. The lowest BCUT2D eigenvalue weighted by molar-refractivity contribution is -0.126. The van der Waals surface area contributed by atoms with Crippen molar-refractivity contribution in [2.24, 2.45) is 0 Å². The molecule has 2 aromatic rings. The molecule has 0 aliphatic heterocycles. The highest BCUT2D eigenvalue weighted by Gasteiger charge is 2.18. The number of hydrogen-bond acceptors (Lipinski definition) is 3. The van der Waals surface area contributed by atoms with Crippen molar-refractivity contribution in [1.29, 1.82) is 5.26 Å². The van der Waals surface area contributed by atoms with E-state index >= 15 is 0 Å². The average molecular weight is 316 g/mol. The number of ether oxygens (including phenoxy) is 1. The molecule has 0 aliphatic rings. The molecule has 2 rings (SSSR count). The maximum Gasteiger partial charge on any atom is 0.247 e. The molecule has 1 amide bonds. The molecule has 0 saturated heterocycles. The van der Waals surface area contributed by atoms with Gasteiger partial charge in [-0.05, 0) is 11.6 Å². The molecule has 23 heavy (non-hydrogen) atoms. The number of nitrogens with one attached hydrogen (secondary N) is 1. The fourth-order valence-corrected chi connectivity index (χ4v) is 1.95. The Balaban J connectivity index is 1.89. The van der Waals surface area contributed by atoms with E-state index in [0.717, 1.165) is 17.7 Å². The zero-order valence-electron chi connectivity index (χ0n) is 12.1.